The zero-order valence-corrected chi connectivity index (χ0v) is 9.02. The molecule has 0 saturated carbocycles. The zero-order valence-electron chi connectivity index (χ0n) is 6.67. The van der Waals surface area contributed by atoms with Gasteiger partial charge in [-0.25, -0.2) is 0 Å². The van der Waals surface area contributed by atoms with E-state index in [2.05, 4.69) is 21.1 Å². The van der Waals surface area contributed by atoms with E-state index in [0.717, 1.165) is 9.86 Å². The van der Waals surface area contributed by atoms with E-state index >= 15 is 0 Å². The third-order valence-electron chi connectivity index (χ3n) is 1.73. The van der Waals surface area contributed by atoms with E-state index < -0.39 is 0 Å². The maximum Gasteiger partial charge on any atom is 0.233 e. The molecule has 0 aliphatic carbocycles. The van der Waals surface area contributed by atoms with Crippen molar-refractivity contribution < 1.29 is 9.26 Å². The van der Waals surface area contributed by atoms with Crippen molar-refractivity contribution in [2.75, 3.05) is 7.11 Å². The Balaban J connectivity index is 2.80. The molecule has 0 fully saturated rings. The predicted octanol–water partition coefficient (Wildman–Crippen LogP) is 3.25. The molecule has 2 rings (SSSR count). The molecule has 0 N–H and O–H groups in total. The van der Waals surface area contributed by atoms with Crippen LogP contribution >= 0.6 is 27.5 Å². The van der Waals surface area contributed by atoms with Crippen molar-refractivity contribution in [3.05, 3.63) is 21.8 Å². The van der Waals surface area contributed by atoms with Crippen LogP contribution in [0.25, 0.3) is 10.9 Å². The summed E-state index contributed by atoms with van der Waals surface area (Å²) in [5.74, 6) is 0.706. The molecule has 0 saturated heterocycles. The van der Waals surface area contributed by atoms with Gasteiger partial charge in [0, 0.05) is 0 Å². The van der Waals surface area contributed by atoms with E-state index in [0.29, 0.717) is 16.5 Å². The van der Waals surface area contributed by atoms with Crippen molar-refractivity contribution in [1.82, 2.24) is 5.16 Å². The third kappa shape index (κ3) is 1.30. The molecular weight excluding hydrogens is 257 g/mol. The number of nitrogens with zero attached hydrogens (tertiary/aromatic N) is 1. The van der Waals surface area contributed by atoms with Gasteiger partial charge in [0.1, 0.15) is 11.3 Å². The Kier molecular flexibility index (Phi) is 2.17. The van der Waals surface area contributed by atoms with Gasteiger partial charge < -0.3 is 9.26 Å². The van der Waals surface area contributed by atoms with Gasteiger partial charge in [0.05, 0.1) is 17.0 Å². The van der Waals surface area contributed by atoms with Crippen LogP contribution < -0.4 is 4.74 Å². The Hall–Kier alpha value is -0.740. The first-order valence-corrected chi connectivity index (χ1v) is 4.68. The number of aromatic nitrogens is 1. The van der Waals surface area contributed by atoms with Gasteiger partial charge in [-0.05, 0) is 39.7 Å². The molecule has 0 unspecified atom stereocenters. The zero-order chi connectivity index (χ0) is 9.42. The van der Waals surface area contributed by atoms with Crippen LogP contribution in [0.3, 0.4) is 0 Å². The lowest BCUT2D eigenvalue weighted by Gasteiger charge is -2.01. The van der Waals surface area contributed by atoms with E-state index in [1.165, 1.54) is 0 Å². The number of hydrogen-bond donors (Lipinski definition) is 0. The fourth-order valence-corrected chi connectivity index (χ4v) is 1.85. The molecular formula is C8H5BrClNO2. The number of ether oxygens (including phenoxy) is 1. The first-order chi connectivity index (χ1) is 6.24. The molecule has 68 valence electrons. The maximum atomic E-state index is 5.75. The van der Waals surface area contributed by atoms with Crippen LogP contribution in [0.15, 0.2) is 21.1 Å². The number of methoxy groups -OCH3 is 1. The summed E-state index contributed by atoms with van der Waals surface area (Å²) in [6.07, 6.45) is 0. The van der Waals surface area contributed by atoms with Gasteiger partial charge in [0.25, 0.3) is 0 Å². The highest BCUT2D eigenvalue weighted by atomic mass is 79.9. The fourth-order valence-electron chi connectivity index (χ4n) is 1.09. The molecule has 3 nitrogen and oxygen atoms in total. The number of benzene rings is 1. The quantitative estimate of drug-likeness (QED) is 0.791. The van der Waals surface area contributed by atoms with Crippen molar-refractivity contribution in [3.63, 3.8) is 0 Å². The standard InChI is InChI=1S/C8H5BrClNO2/c1-12-5-3-2-4-7(6(5)9)11-13-8(4)10/h2-3H,1H3. The smallest absolute Gasteiger partial charge is 0.233 e. The average molecular weight is 262 g/mol. The minimum Gasteiger partial charge on any atom is -0.495 e. The van der Waals surface area contributed by atoms with E-state index in [4.69, 9.17) is 20.9 Å². The predicted molar refractivity (Wildman–Crippen MR) is 53.3 cm³/mol. The van der Waals surface area contributed by atoms with Crippen molar-refractivity contribution in [1.29, 1.82) is 0 Å². The summed E-state index contributed by atoms with van der Waals surface area (Å²) in [6, 6.07) is 3.60. The Labute approximate surface area is 87.7 Å². The van der Waals surface area contributed by atoms with E-state index in [9.17, 15) is 0 Å². The monoisotopic (exact) mass is 261 g/mol. The summed E-state index contributed by atoms with van der Waals surface area (Å²) in [4.78, 5) is 0. The highest BCUT2D eigenvalue weighted by Gasteiger charge is 2.12. The van der Waals surface area contributed by atoms with Crippen LogP contribution in [-0.4, -0.2) is 12.3 Å². The number of fused-ring (bicyclic) bond motifs is 1. The summed E-state index contributed by atoms with van der Waals surface area (Å²) < 4.78 is 10.7. The molecule has 0 radical (unpaired) electrons. The average Bonchev–Trinajstić information content (AvgIpc) is 2.50. The molecule has 13 heavy (non-hydrogen) atoms. The number of hydrogen-bond acceptors (Lipinski definition) is 3. The van der Waals surface area contributed by atoms with Crippen LogP contribution in [0.2, 0.25) is 5.22 Å². The second-order valence-electron chi connectivity index (χ2n) is 2.43. The minimum atomic E-state index is 0.290. The van der Waals surface area contributed by atoms with Gasteiger partial charge >= 0.3 is 0 Å². The molecule has 0 aliphatic rings. The second kappa shape index (κ2) is 3.20. The third-order valence-corrected chi connectivity index (χ3v) is 2.77. The first kappa shape index (κ1) is 8.84. The lowest BCUT2D eigenvalue weighted by Crippen LogP contribution is -1.84. The Morgan fingerprint density at radius 3 is 3.00 bits per heavy atom. The molecule has 1 aromatic heterocycles. The number of halogens is 2. The topological polar surface area (TPSA) is 35.3 Å². The Morgan fingerprint density at radius 1 is 1.54 bits per heavy atom. The van der Waals surface area contributed by atoms with Gasteiger partial charge in [-0.3, -0.25) is 0 Å². The molecule has 0 spiro atoms. The van der Waals surface area contributed by atoms with Crippen LogP contribution in [-0.2, 0) is 0 Å². The largest absolute Gasteiger partial charge is 0.495 e. The fraction of sp³-hybridized carbons (Fsp3) is 0.125. The SMILES string of the molecule is COc1ccc2c(Cl)onc2c1Br. The van der Waals surface area contributed by atoms with Gasteiger partial charge in [0.2, 0.25) is 5.22 Å². The molecule has 0 bridgehead atoms. The Morgan fingerprint density at radius 2 is 2.31 bits per heavy atom. The van der Waals surface area contributed by atoms with Gasteiger partial charge in [0.15, 0.2) is 0 Å². The summed E-state index contributed by atoms with van der Waals surface area (Å²) in [7, 11) is 1.59. The summed E-state index contributed by atoms with van der Waals surface area (Å²) in [5, 5.41) is 4.86. The maximum absolute atomic E-state index is 5.75. The van der Waals surface area contributed by atoms with Crippen molar-refractivity contribution >= 4 is 38.4 Å². The first-order valence-electron chi connectivity index (χ1n) is 3.51. The van der Waals surface area contributed by atoms with Crippen molar-refractivity contribution in [2.24, 2.45) is 0 Å². The molecule has 0 aliphatic heterocycles. The lowest BCUT2D eigenvalue weighted by molar-refractivity contribution is 0.411. The van der Waals surface area contributed by atoms with Gasteiger partial charge in [-0.1, -0.05) is 5.16 Å². The van der Waals surface area contributed by atoms with Crippen LogP contribution in [0.4, 0.5) is 0 Å². The van der Waals surface area contributed by atoms with Gasteiger partial charge in [-0.2, -0.15) is 0 Å². The van der Waals surface area contributed by atoms with Crippen LogP contribution in [0, 0.1) is 0 Å². The minimum absolute atomic E-state index is 0.290. The summed E-state index contributed by atoms with van der Waals surface area (Å²) in [6.45, 7) is 0. The van der Waals surface area contributed by atoms with Crippen molar-refractivity contribution in [3.8, 4) is 5.75 Å². The Bertz CT molecular complexity index is 455. The summed E-state index contributed by atoms with van der Waals surface area (Å²) in [5.41, 5.74) is 0.671. The van der Waals surface area contributed by atoms with Crippen molar-refractivity contribution in [2.45, 2.75) is 0 Å². The molecule has 2 aromatic rings. The molecule has 1 heterocycles. The molecule has 1 aromatic carbocycles. The van der Waals surface area contributed by atoms with Crippen LogP contribution in [0.1, 0.15) is 0 Å². The molecule has 5 heteroatoms. The van der Waals surface area contributed by atoms with Crippen LogP contribution in [0.5, 0.6) is 5.75 Å². The van der Waals surface area contributed by atoms with E-state index in [1.807, 2.05) is 0 Å². The highest BCUT2D eigenvalue weighted by Crippen LogP contribution is 2.35. The van der Waals surface area contributed by atoms with E-state index in [1.54, 1.807) is 19.2 Å². The summed E-state index contributed by atoms with van der Waals surface area (Å²) >= 11 is 9.10. The van der Waals surface area contributed by atoms with E-state index in [-0.39, 0.29) is 0 Å². The number of rotatable bonds is 1. The second-order valence-corrected chi connectivity index (χ2v) is 3.57. The molecule has 0 amide bonds. The highest BCUT2D eigenvalue weighted by molar-refractivity contribution is 9.10. The molecule has 0 atom stereocenters. The lowest BCUT2D eigenvalue weighted by atomic mass is 10.2. The normalized spacial score (nSPS) is 10.7. The van der Waals surface area contributed by atoms with Gasteiger partial charge in [-0.15, -0.1) is 0 Å².